The van der Waals surface area contributed by atoms with Crippen LogP contribution in [0.2, 0.25) is 5.02 Å². The van der Waals surface area contributed by atoms with Crippen LogP contribution < -0.4 is 9.62 Å². The fourth-order valence-electron chi connectivity index (χ4n) is 3.44. The lowest BCUT2D eigenvalue weighted by Crippen LogP contribution is -2.52. The Balaban J connectivity index is 2.41. The summed E-state index contributed by atoms with van der Waals surface area (Å²) in [5.74, 6) is -1.19. The minimum absolute atomic E-state index is 0.0808. The van der Waals surface area contributed by atoms with Crippen molar-refractivity contribution in [2.75, 3.05) is 30.2 Å². The summed E-state index contributed by atoms with van der Waals surface area (Å²) in [4.78, 5) is 27.2. The second-order valence-electron chi connectivity index (χ2n) is 8.22. The Kier molecular flexibility index (Phi) is 10.2. The highest BCUT2D eigenvalue weighted by atomic mass is 35.5. The van der Waals surface area contributed by atoms with E-state index in [1.165, 1.54) is 11.8 Å². The van der Waals surface area contributed by atoms with Crippen LogP contribution in [0.15, 0.2) is 48.5 Å². The Labute approximate surface area is 214 Å². The van der Waals surface area contributed by atoms with Gasteiger partial charge in [0.05, 0.1) is 22.5 Å². The van der Waals surface area contributed by atoms with Gasteiger partial charge in [-0.15, -0.1) is 0 Å². The van der Waals surface area contributed by atoms with E-state index >= 15 is 0 Å². The number of carbonyl (C=O) groups excluding carboxylic acids is 2. The van der Waals surface area contributed by atoms with Gasteiger partial charge in [-0.05, 0) is 43.5 Å². The first kappa shape index (κ1) is 29.4. The smallest absolute Gasteiger partial charge is 0.354 e. The monoisotopic (exact) mass is 547 g/mol. The third kappa shape index (κ3) is 8.12. The van der Waals surface area contributed by atoms with Crippen molar-refractivity contribution >= 4 is 39.1 Å². The van der Waals surface area contributed by atoms with E-state index in [0.717, 1.165) is 24.0 Å². The fourth-order valence-corrected chi connectivity index (χ4v) is 4.56. The molecular weight excluding hydrogens is 519 g/mol. The number of hydrogen-bond acceptors (Lipinski definition) is 4. The van der Waals surface area contributed by atoms with Crippen LogP contribution in [0.5, 0.6) is 0 Å². The number of benzene rings is 2. The Morgan fingerprint density at radius 3 is 2.31 bits per heavy atom. The molecule has 0 bridgehead atoms. The third-order valence-electron chi connectivity index (χ3n) is 5.42. The molecule has 0 heterocycles. The molecule has 2 amide bonds. The van der Waals surface area contributed by atoms with Gasteiger partial charge in [0.2, 0.25) is 21.8 Å². The number of sulfonamides is 1. The molecule has 2 rings (SSSR count). The standard InChI is InChI=1S/C24H29ClF3N3O4S/c1-4-13-29-23(33)17(2)30(14-12-18-8-6-5-7-9-18)22(32)16-31(36(3,34)35)21-15-19(24(26,27)28)10-11-20(21)25/h5-11,15,17H,4,12-14,16H2,1-3H3,(H,29,33)/t17-/m0/s1. The third-order valence-corrected chi connectivity index (χ3v) is 6.87. The van der Waals surface area contributed by atoms with Crippen molar-refractivity contribution in [2.45, 2.75) is 38.9 Å². The molecule has 0 saturated carbocycles. The Hall–Kier alpha value is -2.79. The van der Waals surface area contributed by atoms with Crippen molar-refractivity contribution in [3.63, 3.8) is 0 Å². The molecule has 0 fully saturated rings. The van der Waals surface area contributed by atoms with E-state index in [-0.39, 0.29) is 11.6 Å². The van der Waals surface area contributed by atoms with Crippen molar-refractivity contribution in [3.05, 3.63) is 64.7 Å². The molecule has 0 saturated heterocycles. The van der Waals surface area contributed by atoms with Gasteiger partial charge in [0.1, 0.15) is 12.6 Å². The van der Waals surface area contributed by atoms with Gasteiger partial charge in [0.25, 0.3) is 0 Å². The van der Waals surface area contributed by atoms with Gasteiger partial charge < -0.3 is 10.2 Å². The molecule has 0 aromatic heterocycles. The number of nitrogens with zero attached hydrogens (tertiary/aromatic N) is 2. The van der Waals surface area contributed by atoms with Crippen molar-refractivity contribution in [3.8, 4) is 0 Å². The zero-order chi connectivity index (χ0) is 27.1. The first-order valence-corrected chi connectivity index (χ1v) is 13.4. The van der Waals surface area contributed by atoms with Crippen LogP contribution in [0.4, 0.5) is 18.9 Å². The summed E-state index contributed by atoms with van der Waals surface area (Å²) in [5, 5.41) is 2.43. The highest BCUT2D eigenvalue weighted by molar-refractivity contribution is 7.92. The fraction of sp³-hybridized carbons (Fsp3) is 0.417. The molecule has 0 radical (unpaired) electrons. The van der Waals surface area contributed by atoms with E-state index in [1.807, 2.05) is 37.3 Å². The van der Waals surface area contributed by atoms with E-state index < -0.39 is 51.9 Å². The lowest BCUT2D eigenvalue weighted by Gasteiger charge is -2.31. The van der Waals surface area contributed by atoms with E-state index in [2.05, 4.69) is 5.32 Å². The topological polar surface area (TPSA) is 86.8 Å². The number of hydrogen-bond donors (Lipinski definition) is 1. The Morgan fingerprint density at radius 2 is 1.75 bits per heavy atom. The Morgan fingerprint density at radius 1 is 1.11 bits per heavy atom. The summed E-state index contributed by atoms with van der Waals surface area (Å²) in [6.45, 7) is 3.01. The quantitative estimate of drug-likeness (QED) is 0.459. The molecule has 2 aromatic rings. The molecule has 198 valence electrons. The second-order valence-corrected chi connectivity index (χ2v) is 10.5. The summed E-state index contributed by atoms with van der Waals surface area (Å²) in [6, 6.07) is 10.4. The van der Waals surface area contributed by atoms with E-state index in [9.17, 15) is 31.2 Å². The molecule has 0 spiro atoms. The number of carbonyl (C=O) groups is 2. The normalized spacial score (nSPS) is 12.6. The van der Waals surface area contributed by atoms with Crippen LogP contribution in [-0.4, -0.2) is 57.1 Å². The highest BCUT2D eigenvalue weighted by Gasteiger charge is 2.34. The molecule has 0 aliphatic heterocycles. The summed E-state index contributed by atoms with van der Waals surface area (Å²) < 4.78 is 65.5. The average molecular weight is 548 g/mol. The Bertz CT molecular complexity index is 1160. The van der Waals surface area contributed by atoms with E-state index in [4.69, 9.17) is 11.6 Å². The van der Waals surface area contributed by atoms with Crippen LogP contribution in [0.25, 0.3) is 0 Å². The largest absolute Gasteiger partial charge is 0.416 e. The SMILES string of the molecule is CCCNC(=O)[C@H](C)N(CCc1ccccc1)C(=O)CN(c1cc(C(F)(F)F)ccc1Cl)S(C)(=O)=O. The maximum absolute atomic E-state index is 13.4. The van der Waals surface area contributed by atoms with Crippen LogP contribution >= 0.6 is 11.6 Å². The number of amides is 2. The molecule has 1 atom stereocenters. The molecule has 0 aliphatic rings. The molecule has 1 N–H and O–H groups in total. The molecule has 0 aliphatic carbocycles. The van der Waals surface area contributed by atoms with Crippen molar-refractivity contribution in [1.82, 2.24) is 10.2 Å². The van der Waals surface area contributed by atoms with Crippen LogP contribution in [-0.2, 0) is 32.2 Å². The van der Waals surface area contributed by atoms with E-state index in [0.29, 0.717) is 29.8 Å². The number of halogens is 4. The second kappa shape index (κ2) is 12.4. The molecule has 2 aromatic carbocycles. The summed E-state index contributed by atoms with van der Waals surface area (Å²) >= 11 is 6.06. The minimum Gasteiger partial charge on any atom is -0.354 e. The van der Waals surface area contributed by atoms with Gasteiger partial charge in [-0.2, -0.15) is 13.2 Å². The maximum atomic E-state index is 13.4. The van der Waals surface area contributed by atoms with Crippen molar-refractivity contribution in [1.29, 1.82) is 0 Å². The van der Waals surface area contributed by atoms with Gasteiger partial charge in [0.15, 0.2) is 0 Å². The van der Waals surface area contributed by atoms with Gasteiger partial charge >= 0.3 is 6.18 Å². The van der Waals surface area contributed by atoms with Gasteiger partial charge in [-0.1, -0.05) is 48.9 Å². The predicted molar refractivity (Wildman–Crippen MR) is 133 cm³/mol. The number of rotatable bonds is 11. The van der Waals surface area contributed by atoms with Gasteiger partial charge in [0, 0.05) is 13.1 Å². The highest BCUT2D eigenvalue weighted by Crippen LogP contribution is 2.36. The zero-order valence-electron chi connectivity index (χ0n) is 20.2. The molecule has 0 unspecified atom stereocenters. The lowest BCUT2D eigenvalue weighted by molar-refractivity contribution is -0.138. The first-order valence-electron chi connectivity index (χ1n) is 11.2. The van der Waals surface area contributed by atoms with Gasteiger partial charge in [-0.3, -0.25) is 13.9 Å². The summed E-state index contributed by atoms with van der Waals surface area (Å²) in [6.07, 6.45) is -2.93. The van der Waals surface area contributed by atoms with Gasteiger partial charge in [-0.25, -0.2) is 8.42 Å². The average Bonchev–Trinajstić information content (AvgIpc) is 2.80. The predicted octanol–water partition coefficient (Wildman–Crippen LogP) is 4.11. The maximum Gasteiger partial charge on any atom is 0.416 e. The van der Waals surface area contributed by atoms with Crippen LogP contribution in [0, 0.1) is 0 Å². The molecule has 36 heavy (non-hydrogen) atoms. The number of alkyl halides is 3. The van der Waals surface area contributed by atoms with Crippen molar-refractivity contribution < 1.29 is 31.2 Å². The van der Waals surface area contributed by atoms with Crippen molar-refractivity contribution in [2.24, 2.45) is 0 Å². The number of nitrogens with one attached hydrogen (secondary N) is 1. The summed E-state index contributed by atoms with van der Waals surface area (Å²) in [5.41, 5.74) is -0.706. The van der Waals surface area contributed by atoms with E-state index in [1.54, 1.807) is 0 Å². The first-order chi connectivity index (χ1) is 16.8. The summed E-state index contributed by atoms with van der Waals surface area (Å²) in [7, 11) is -4.23. The lowest BCUT2D eigenvalue weighted by atomic mass is 10.1. The molecule has 12 heteroatoms. The number of anilines is 1. The molecular formula is C24H29ClF3N3O4S. The van der Waals surface area contributed by atoms with Crippen LogP contribution in [0.3, 0.4) is 0 Å². The minimum atomic E-state index is -4.75. The molecule has 7 nitrogen and oxygen atoms in total. The van der Waals surface area contributed by atoms with Crippen LogP contribution in [0.1, 0.15) is 31.4 Å². The zero-order valence-corrected chi connectivity index (χ0v) is 21.8.